The summed E-state index contributed by atoms with van der Waals surface area (Å²) in [5, 5.41) is 29.8. The molecular formula is C24H14N4O6S4. The van der Waals surface area contributed by atoms with E-state index in [1.165, 1.54) is 61.3 Å². The third-order valence-electron chi connectivity index (χ3n) is 5.63. The van der Waals surface area contributed by atoms with Crippen LogP contribution in [0.4, 0.5) is 5.69 Å². The van der Waals surface area contributed by atoms with Crippen LogP contribution in [0.5, 0.6) is 23.3 Å². The number of thioether (sulfide) groups is 4. The maximum Gasteiger partial charge on any atom is 0.260 e. The lowest BCUT2D eigenvalue weighted by molar-refractivity contribution is 0.365. The molecule has 4 N–H and O–H groups in total. The van der Waals surface area contributed by atoms with Gasteiger partial charge in [-0.05, 0) is 5.22 Å². The van der Waals surface area contributed by atoms with E-state index in [1.807, 2.05) is 6.07 Å². The van der Waals surface area contributed by atoms with E-state index in [9.17, 15) is 25.1 Å². The summed E-state index contributed by atoms with van der Waals surface area (Å²) in [6.45, 7) is 15.0. The van der Waals surface area contributed by atoms with Gasteiger partial charge >= 0.3 is 0 Å². The van der Waals surface area contributed by atoms with Crippen LogP contribution in [0.25, 0.3) is 26.5 Å². The summed E-state index contributed by atoms with van der Waals surface area (Å²) in [7, 11) is 3.00. The summed E-state index contributed by atoms with van der Waals surface area (Å²) >= 11 is 4.96. The molecule has 2 aromatic heterocycles. The molecule has 0 spiro atoms. The van der Waals surface area contributed by atoms with Gasteiger partial charge in [-0.1, -0.05) is 53.6 Å². The van der Waals surface area contributed by atoms with Crippen molar-refractivity contribution in [2.45, 2.75) is 19.6 Å². The Kier molecular flexibility index (Phi) is 6.44. The lowest BCUT2D eigenvalue weighted by Gasteiger charge is -2.14. The molecular weight excluding hydrogens is 569 g/mol. The van der Waals surface area contributed by atoms with Gasteiger partial charge in [0.2, 0.25) is 5.88 Å². The molecule has 0 atom stereocenters. The molecule has 190 valence electrons. The number of ether oxygens (including phenoxy) is 2. The molecule has 14 heteroatoms. The van der Waals surface area contributed by atoms with E-state index in [4.69, 9.17) is 16.0 Å². The number of aromatic hydroxyl groups is 2. The summed E-state index contributed by atoms with van der Waals surface area (Å²) in [6.07, 6.45) is 0. The summed E-state index contributed by atoms with van der Waals surface area (Å²) in [5.41, 5.74) is -1.45. The van der Waals surface area contributed by atoms with Crippen molar-refractivity contribution in [3.8, 4) is 29.3 Å². The minimum absolute atomic E-state index is 0.103. The Morgan fingerprint density at radius 3 is 1.66 bits per heavy atom. The van der Waals surface area contributed by atoms with Crippen molar-refractivity contribution >= 4 is 74.4 Å². The van der Waals surface area contributed by atoms with Gasteiger partial charge in [0.1, 0.15) is 23.1 Å². The van der Waals surface area contributed by atoms with Crippen molar-refractivity contribution in [3.63, 3.8) is 0 Å². The number of aromatic nitrogens is 2. The van der Waals surface area contributed by atoms with Crippen LogP contribution in [0.15, 0.2) is 29.2 Å². The van der Waals surface area contributed by atoms with Gasteiger partial charge in [0.15, 0.2) is 5.88 Å². The Bertz CT molecular complexity index is 1850. The number of hydrogen-bond acceptors (Lipinski definition) is 11. The van der Waals surface area contributed by atoms with Gasteiger partial charge in [0.25, 0.3) is 16.8 Å². The normalized spacial score (nSPS) is 13.6. The Morgan fingerprint density at radius 2 is 1.26 bits per heavy atom. The molecule has 0 amide bonds. The van der Waals surface area contributed by atoms with Crippen molar-refractivity contribution < 1.29 is 19.7 Å². The Morgan fingerprint density at radius 1 is 0.842 bits per heavy atom. The number of hydrogen-bond donors (Lipinski definition) is 4. The molecule has 0 unspecified atom stereocenters. The van der Waals surface area contributed by atoms with Crippen LogP contribution < -0.4 is 41.5 Å². The van der Waals surface area contributed by atoms with Crippen LogP contribution in [-0.4, -0.2) is 34.4 Å². The molecule has 0 bridgehead atoms. The Hall–Kier alpha value is -3.82. The number of rotatable bonds is 2. The highest BCUT2D eigenvalue weighted by Crippen LogP contribution is 2.67. The first kappa shape index (κ1) is 25.8. The molecule has 5 rings (SSSR count). The SMILES string of the molecule is [C-]#[N+]c1c(O)[nH]c(=O)c(=C2Sc3c(OC)c4c(c(OC)c3S2)SC(=c2c(=O)[nH]c(O)c(C#N)c2=C)S4)c1=C. The second-order valence-electron chi connectivity index (χ2n) is 7.63. The zero-order valence-electron chi connectivity index (χ0n) is 19.5. The van der Waals surface area contributed by atoms with Crippen LogP contribution in [0.2, 0.25) is 0 Å². The van der Waals surface area contributed by atoms with Crippen molar-refractivity contribution in [2.24, 2.45) is 0 Å². The fourth-order valence-corrected chi connectivity index (χ4v) is 9.74. The predicted molar refractivity (Wildman–Crippen MR) is 148 cm³/mol. The zero-order valence-corrected chi connectivity index (χ0v) is 22.7. The molecule has 0 aliphatic carbocycles. The number of benzene rings is 1. The topological polar surface area (TPSA) is 153 Å². The minimum atomic E-state index is -0.593. The first-order chi connectivity index (χ1) is 18.2. The quantitative estimate of drug-likeness (QED) is 0.327. The maximum absolute atomic E-state index is 12.8. The van der Waals surface area contributed by atoms with E-state index in [2.05, 4.69) is 28.0 Å². The van der Waals surface area contributed by atoms with E-state index in [1.54, 1.807) is 0 Å². The average Bonchev–Trinajstić information content (AvgIpc) is 3.47. The van der Waals surface area contributed by atoms with Gasteiger partial charge < -0.3 is 24.7 Å². The van der Waals surface area contributed by atoms with Gasteiger partial charge in [0, 0.05) is 5.22 Å². The number of H-pyrrole nitrogens is 2. The van der Waals surface area contributed by atoms with Gasteiger partial charge in [-0.3, -0.25) is 14.6 Å². The number of nitrogens with one attached hydrogen (secondary N) is 2. The molecule has 0 radical (unpaired) electrons. The lowest BCUT2D eigenvalue weighted by atomic mass is 10.2. The largest absolute Gasteiger partial charge is 0.503 e. The molecule has 10 nitrogen and oxygen atoms in total. The van der Waals surface area contributed by atoms with Crippen molar-refractivity contribution in [3.05, 3.63) is 58.6 Å². The number of nitrogens with zero attached hydrogens (tertiary/aromatic N) is 2. The number of nitriles is 1. The van der Waals surface area contributed by atoms with Crippen LogP contribution in [0.1, 0.15) is 5.56 Å². The minimum Gasteiger partial charge on any atom is -0.503 e. The smallest absolute Gasteiger partial charge is 0.260 e. The van der Waals surface area contributed by atoms with Crippen molar-refractivity contribution in [1.82, 2.24) is 9.97 Å². The fraction of sp³-hybridized carbons (Fsp3) is 0.0833. The van der Waals surface area contributed by atoms with E-state index in [0.29, 0.717) is 39.6 Å². The number of pyridine rings is 2. The highest BCUT2D eigenvalue weighted by molar-refractivity contribution is 8.33. The highest BCUT2D eigenvalue weighted by atomic mass is 32.2. The first-order valence-electron chi connectivity index (χ1n) is 10.3. The van der Waals surface area contributed by atoms with Crippen LogP contribution in [-0.2, 0) is 0 Å². The zero-order chi connectivity index (χ0) is 27.5. The fourth-order valence-electron chi connectivity index (χ4n) is 3.91. The van der Waals surface area contributed by atoms with Crippen molar-refractivity contribution in [1.29, 1.82) is 5.26 Å². The standard InChI is InChI=1S/C24H14N4O6S4/c1-7-9(6-25)19(29)27-20(30)10(7)23-35-15-13(33-4)17-18(14(34-5)16(15)36-23)38-24(37-17)11-8(2)12(26-3)22(32)28-21(11)31/h29,32H,1-2H2,4-5H3,(H,27,30)(H,28,31). The molecule has 2 aliphatic heterocycles. The second kappa shape index (κ2) is 9.49. The van der Waals surface area contributed by atoms with Crippen LogP contribution in [0.3, 0.4) is 0 Å². The lowest BCUT2D eigenvalue weighted by Crippen LogP contribution is -2.42. The van der Waals surface area contributed by atoms with E-state index >= 15 is 0 Å². The van der Waals surface area contributed by atoms with Gasteiger partial charge in [-0.2, -0.15) is 5.26 Å². The maximum atomic E-state index is 12.8. The van der Waals surface area contributed by atoms with Crippen LogP contribution >= 0.6 is 47.0 Å². The summed E-state index contributed by atoms with van der Waals surface area (Å²) < 4.78 is 12.6. The molecule has 3 aromatic rings. The van der Waals surface area contributed by atoms with Gasteiger partial charge in [-0.25, -0.2) is 4.85 Å². The number of fused-ring (bicyclic) bond motifs is 2. The molecule has 4 heterocycles. The van der Waals surface area contributed by atoms with Crippen molar-refractivity contribution in [2.75, 3.05) is 14.2 Å². The highest BCUT2D eigenvalue weighted by Gasteiger charge is 2.37. The summed E-state index contributed by atoms with van der Waals surface area (Å²) in [4.78, 5) is 36.1. The molecule has 0 saturated heterocycles. The number of methoxy groups -OCH3 is 2. The molecule has 0 fully saturated rings. The Balaban J connectivity index is 1.77. The van der Waals surface area contributed by atoms with Gasteiger partial charge in [0.05, 0.1) is 59.3 Å². The first-order valence-corrected chi connectivity index (χ1v) is 13.6. The molecule has 1 aromatic carbocycles. The number of aromatic amines is 2. The monoisotopic (exact) mass is 582 g/mol. The average molecular weight is 583 g/mol. The van der Waals surface area contributed by atoms with Crippen LogP contribution in [0, 0.1) is 17.9 Å². The summed E-state index contributed by atoms with van der Waals surface area (Å²) in [6, 6.07) is 1.86. The van der Waals surface area contributed by atoms with E-state index in [0.717, 1.165) is 0 Å². The molecule has 2 aliphatic rings. The predicted octanol–water partition coefficient (Wildman–Crippen LogP) is 1.66. The van der Waals surface area contributed by atoms with E-state index < -0.39 is 22.9 Å². The molecule has 0 saturated carbocycles. The molecule has 38 heavy (non-hydrogen) atoms. The third kappa shape index (κ3) is 3.68. The van der Waals surface area contributed by atoms with E-state index in [-0.39, 0.29) is 32.1 Å². The third-order valence-corrected chi connectivity index (χ3v) is 10.8. The Labute approximate surface area is 230 Å². The second-order valence-corrected chi connectivity index (χ2v) is 12.2. The summed E-state index contributed by atoms with van der Waals surface area (Å²) in [5.74, 6) is -0.104. The van der Waals surface area contributed by atoms with Gasteiger partial charge in [-0.15, -0.1) is 6.58 Å².